The standard InChI is InChI=1S/C17H15N3O4S/c1-23-14-7-2-4-11(8-14)16-19-20-17(24-16)25-10-15(22)18-12-5-3-6-13(21)9-12/h2-9,21H,10H2,1H3,(H,18,22). The predicted octanol–water partition coefficient (Wildman–Crippen LogP) is 3.18. The quantitative estimate of drug-likeness (QED) is 0.654. The van der Waals surface area contributed by atoms with E-state index in [-0.39, 0.29) is 17.4 Å². The highest BCUT2D eigenvalue weighted by atomic mass is 32.2. The van der Waals surface area contributed by atoms with Gasteiger partial charge in [-0.3, -0.25) is 4.79 Å². The van der Waals surface area contributed by atoms with Crippen LogP contribution in [0.5, 0.6) is 11.5 Å². The number of rotatable bonds is 6. The number of benzene rings is 2. The molecule has 1 aromatic heterocycles. The number of aromatic hydroxyl groups is 1. The van der Waals surface area contributed by atoms with Crippen molar-refractivity contribution in [2.24, 2.45) is 0 Å². The maximum Gasteiger partial charge on any atom is 0.277 e. The van der Waals surface area contributed by atoms with Crippen molar-refractivity contribution in [2.45, 2.75) is 5.22 Å². The number of amides is 1. The molecule has 0 aliphatic rings. The normalized spacial score (nSPS) is 10.4. The van der Waals surface area contributed by atoms with Gasteiger partial charge in [-0.05, 0) is 30.3 Å². The van der Waals surface area contributed by atoms with Gasteiger partial charge in [-0.1, -0.05) is 23.9 Å². The summed E-state index contributed by atoms with van der Waals surface area (Å²) in [5.74, 6) is 1.00. The van der Waals surface area contributed by atoms with Crippen molar-refractivity contribution in [1.82, 2.24) is 10.2 Å². The van der Waals surface area contributed by atoms with Crippen molar-refractivity contribution in [1.29, 1.82) is 0 Å². The monoisotopic (exact) mass is 357 g/mol. The molecule has 1 heterocycles. The lowest BCUT2D eigenvalue weighted by Crippen LogP contribution is -2.13. The zero-order valence-corrected chi connectivity index (χ0v) is 14.1. The van der Waals surface area contributed by atoms with Crippen LogP contribution in [0.3, 0.4) is 0 Å². The van der Waals surface area contributed by atoms with Crippen LogP contribution in [0.1, 0.15) is 0 Å². The lowest BCUT2D eigenvalue weighted by atomic mass is 10.2. The Morgan fingerprint density at radius 3 is 2.88 bits per heavy atom. The lowest BCUT2D eigenvalue weighted by molar-refractivity contribution is -0.113. The third-order valence-electron chi connectivity index (χ3n) is 3.18. The van der Waals surface area contributed by atoms with Gasteiger partial charge in [0, 0.05) is 17.3 Å². The maximum atomic E-state index is 11.9. The number of methoxy groups -OCH3 is 1. The van der Waals surface area contributed by atoms with Gasteiger partial charge in [0.1, 0.15) is 11.5 Å². The molecule has 128 valence electrons. The van der Waals surface area contributed by atoms with Gasteiger partial charge in [-0.2, -0.15) is 0 Å². The van der Waals surface area contributed by atoms with Crippen LogP contribution >= 0.6 is 11.8 Å². The van der Waals surface area contributed by atoms with E-state index in [2.05, 4.69) is 15.5 Å². The second-order valence-electron chi connectivity index (χ2n) is 4.99. The number of anilines is 1. The third kappa shape index (κ3) is 4.51. The molecule has 3 rings (SSSR count). The van der Waals surface area contributed by atoms with Gasteiger partial charge in [0.25, 0.3) is 5.22 Å². The molecular formula is C17H15N3O4S. The molecule has 0 radical (unpaired) electrons. The minimum Gasteiger partial charge on any atom is -0.508 e. The van der Waals surface area contributed by atoms with Gasteiger partial charge in [0.05, 0.1) is 12.9 Å². The van der Waals surface area contributed by atoms with Crippen LogP contribution in [-0.2, 0) is 4.79 Å². The van der Waals surface area contributed by atoms with E-state index in [1.54, 1.807) is 25.3 Å². The SMILES string of the molecule is COc1cccc(-c2nnc(SCC(=O)Nc3cccc(O)c3)o2)c1. The largest absolute Gasteiger partial charge is 0.508 e. The highest BCUT2D eigenvalue weighted by Gasteiger charge is 2.12. The van der Waals surface area contributed by atoms with E-state index >= 15 is 0 Å². The molecule has 3 aromatic rings. The van der Waals surface area contributed by atoms with E-state index in [0.717, 1.165) is 17.3 Å². The number of thioether (sulfide) groups is 1. The van der Waals surface area contributed by atoms with Crippen molar-refractivity contribution in [3.8, 4) is 23.0 Å². The van der Waals surface area contributed by atoms with Crippen LogP contribution in [0.15, 0.2) is 58.2 Å². The topological polar surface area (TPSA) is 97.5 Å². The summed E-state index contributed by atoms with van der Waals surface area (Å²) in [6.07, 6.45) is 0. The molecule has 0 saturated heterocycles. The molecule has 0 unspecified atom stereocenters. The molecule has 0 atom stereocenters. The summed E-state index contributed by atoms with van der Waals surface area (Å²) in [6, 6.07) is 13.6. The van der Waals surface area contributed by atoms with Crippen LogP contribution in [0.25, 0.3) is 11.5 Å². The smallest absolute Gasteiger partial charge is 0.277 e. The Bertz CT molecular complexity index is 882. The van der Waals surface area contributed by atoms with E-state index in [1.165, 1.54) is 12.1 Å². The van der Waals surface area contributed by atoms with Crippen molar-refractivity contribution < 1.29 is 19.1 Å². The van der Waals surface area contributed by atoms with Crippen LogP contribution in [0, 0.1) is 0 Å². The molecule has 0 fully saturated rings. The van der Waals surface area contributed by atoms with Gasteiger partial charge < -0.3 is 19.6 Å². The van der Waals surface area contributed by atoms with Gasteiger partial charge in [-0.25, -0.2) is 0 Å². The Morgan fingerprint density at radius 1 is 1.24 bits per heavy atom. The number of nitrogens with one attached hydrogen (secondary N) is 1. The Hall–Kier alpha value is -3.00. The zero-order chi connectivity index (χ0) is 17.6. The Balaban J connectivity index is 1.59. The van der Waals surface area contributed by atoms with Crippen molar-refractivity contribution in [3.05, 3.63) is 48.5 Å². The molecule has 2 aromatic carbocycles. The summed E-state index contributed by atoms with van der Waals surface area (Å²) >= 11 is 1.13. The molecule has 25 heavy (non-hydrogen) atoms. The number of carbonyl (C=O) groups is 1. The fourth-order valence-corrected chi connectivity index (χ4v) is 2.61. The van der Waals surface area contributed by atoms with E-state index in [4.69, 9.17) is 9.15 Å². The van der Waals surface area contributed by atoms with E-state index in [0.29, 0.717) is 22.6 Å². The molecule has 7 nitrogen and oxygen atoms in total. The number of hydrogen-bond acceptors (Lipinski definition) is 7. The van der Waals surface area contributed by atoms with Crippen LogP contribution in [0.4, 0.5) is 5.69 Å². The minimum atomic E-state index is -0.239. The van der Waals surface area contributed by atoms with Crippen molar-refractivity contribution in [2.75, 3.05) is 18.2 Å². The first-order valence-electron chi connectivity index (χ1n) is 7.33. The molecule has 2 N–H and O–H groups in total. The average Bonchev–Trinajstić information content (AvgIpc) is 3.09. The number of aromatic nitrogens is 2. The molecule has 0 spiro atoms. The average molecular weight is 357 g/mol. The fraction of sp³-hybridized carbons (Fsp3) is 0.118. The summed E-state index contributed by atoms with van der Waals surface area (Å²) in [5, 5.41) is 20.3. The molecular weight excluding hydrogens is 342 g/mol. The second kappa shape index (κ2) is 7.71. The van der Waals surface area contributed by atoms with Crippen molar-refractivity contribution >= 4 is 23.4 Å². The number of ether oxygens (including phenoxy) is 1. The second-order valence-corrected chi connectivity index (χ2v) is 5.92. The Labute approximate surface area is 148 Å². The summed E-state index contributed by atoms with van der Waals surface area (Å²) in [4.78, 5) is 11.9. The molecule has 0 bridgehead atoms. The molecule has 1 amide bonds. The number of hydrogen-bond donors (Lipinski definition) is 2. The van der Waals surface area contributed by atoms with Gasteiger partial charge >= 0.3 is 0 Å². The summed E-state index contributed by atoms with van der Waals surface area (Å²) < 4.78 is 10.7. The van der Waals surface area contributed by atoms with E-state index in [1.807, 2.05) is 18.2 Å². The first kappa shape index (κ1) is 16.8. The molecule has 0 saturated carbocycles. The van der Waals surface area contributed by atoms with Crippen LogP contribution in [-0.4, -0.2) is 34.1 Å². The number of nitrogens with zero attached hydrogens (tertiary/aromatic N) is 2. The van der Waals surface area contributed by atoms with E-state index < -0.39 is 0 Å². The highest BCUT2D eigenvalue weighted by molar-refractivity contribution is 7.99. The van der Waals surface area contributed by atoms with Crippen LogP contribution in [0.2, 0.25) is 0 Å². The molecule has 0 aliphatic heterocycles. The minimum absolute atomic E-state index is 0.0882. The van der Waals surface area contributed by atoms with Gasteiger partial charge in [0.15, 0.2) is 0 Å². The van der Waals surface area contributed by atoms with E-state index in [9.17, 15) is 9.90 Å². The zero-order valence-electron chi connectivity index (χ0n) is 13.3. The molecule has 8 heteroatoms. The number of phenols is 1. The first-order chi connectivity index (χ1) is 12.1. The maximum absolute atomic E-state index is 11.9. The molecule has 0 aliphatic carbocycles. The Morgan fingerprint density at radius 2 is 2.08 bits per heavy atom. The number of phenolic OH excluding ortho intramolecular Hbond substituents is 1. The Kier molecular flexibility index (Phi) is 5.20. The first-order valence-corrected chi connectivity index (χ1v) is 8.32. The van der Waals surface area contributed by atoms with Gasteiger partial charge in [-0.15, -0.1) is 10.2 Å². The number of carbonyl (C=O) groups excluding carboxylic acids is 1. The van der Waals surface area contributed by atoms with Crippen LogP contribution < -0.4 is 10.1 Å². The fourth-order valence-electron chi connectivity index (χ4n) is 2.05. The highest BCUT2D eigenvalue weighted by Crippen LogP contribution is 2.26. The summed E-state index contributed by atoms with van der Waals surface area (Å²) in [6.45, 7) is 0. The third-order valence-corrected chi connectivity index (χ3v) is 4.00. The summed E-state index contributed by atoms with van der Waals surface area (Å²) in [5.41, 5.74) is 1.26. The lowest BCUT2D eigenvalue weighted by Gasteiger charge is -2.04. The van der Waals surface area contributed by atoms with Gasteiger partial charge in [0.2, 0.25) is 11.8 Å². The summed E-state index contributed by atoms with van der Waals surface area (Å²) in [7, 11) is 1.58. The van der Waals surface area contributed by atoms with Crippen molar-refractivity contribution in [3.63, 3.8) is 0 Å². The predicted molar refractivity (Wildman–Crippen MR) is 93.7 cm³/mol.